The van der Waals surface area contributed by atoms with Crippen LogP contribution in [0.2, 0.25) is 0 Å². The molecule has 0 saturated carbocycles. The second kappa shape index (κ2) is 8.20. The number of hydrogen-bond donors (Lipinski definition) is 0. The van der Waals surface area contributed by atoms with E-state index in [4.69, 9.17) is 0 Å². The first-order valence-corrected chi connectivity index (χ1v) is 11.8. The summed E-state index contributed by atoms with van der Waals surface area (Å²) in [6, 6.07) is 21.8. The lowest BCUT2D eigenvalue weighted by Crippen LogP contribution is -2.26. The van der Waals surface area contributed by atoms with Crippen molar-refractivity contribution in [2.24, 2.45) is 0 Å². The molecule has 0 fully saturated rings. The lowest BCUT2D eigenvalue weighted by Gasteiger charge is -2.10. The molecule has 3 aliphatic heterocycles. The van der Waals surface area contributed by atoms with Crippen LogP contribution in [0.25, 0.3) is 17.8 Å². The summed E-state index contributed by atoms with van der Waals surface area (Å²) in [7, 11) is 0. The van der Waals surface area contributed by atoms with E-state index in [1.54, 1.807) is 0 Å². The Labute approximate surface area is 188 Å². The van der Waals surface area contributed by atoms with E-state index in [2.05, 4.69) is 106 Å². The van der Waals surface area contributed by atoms with Gasteiger partial charge in [0.15, 0.2) is 18.1 Å². The van der Waals surface area contributed by atoms with E-state index >= 15 is 0 Å². The molecule has 4 heterocycles. The van der Waals surface area contributed by atoms with Gasteiger partial charge in [-0.1, -0.05) is 48.5 Å². The maximum atomic E-state index is 2.55. The molecule has 32 heavy (non-hydrogen) atoms. The SMILES string of the molecule is C(=Cc1ccccc1)C1=Cc2ccc3c(c2=c2cccc[n+]2=C1)=C1CCCC=[N+]1CCC3. The van der Waals surface area contributed by atoms with Gasteiger partial charge >= 0.3 is 0 Å². The molecule has 0 bridgehead atoms. The molecule has 0 amide bonds. The van der Waals surface area contributed by atoms with Crippen molar-refractivity contribution in [1.29, 1.82) is 0 Å². The molecular weight excluding hydrogens is 388 g/mol. The molecule has 6 rings (SSSR count). The van der Waals surface area contributed by atoms with Gasteiger partial charge in [0.1, 0.15) is 12.8 Å². The second-order valence-corrected chi connectivity index (χ2v) is 8.89. The fraction of sp³-hybridized carbons (Fsp3) is 0.200. The number of pyridine rings is 1. The topological polar surface area (TPSA) is 8.91 Å². The Kier molecular flexibility index (Phi) is 4.92. The highest BCUT2D eigenvalue weighted by Crippen LogP contribution is 2.21. The first-order valence-electron chi connectivity index (χ1n) is 11.8. The molecule has 156 valence electrons. The molecule has 1 aromatic heterocycles. The van der Waals surface area contributed by atoms with Crippen LogP contribution in [0.3, 0.4) is 0 Å². The standard InChI is InChI=1S/C30H28N2/c1-2-9-23(10-3-1)14-15-24-21-26-17-16-25-11-8-20-31-18-6-4-12-27(31)29(25)30(26)28-13-5-7-19-32(28)22-24/h1-3,5,7,9-10,13-19,21-22H,4,6,8,11-12,20H2/q+2. The highest BCUT2D eigenvalue weighted by Gasteiger charge is 2.24. The van der Waals surface area contributed by atoms with Crippen LogP contribution in [0, 0.1) is 16.8 Å². The zero-order chi connectivity index (χ0) is 21.3. The summed E-state index contributed by atoms with van der Waals surface area (Å²) in [6.07, 6.45) is 19.6. The summed E-state index contributed by atoms with van der Waals surface area (Å²) in [4.78, 5) is 0. The van der Waals surface area contributed by atoms with Crippen LogP contribution in [0.1, 0.15) is 42.4 Å². The third-order valence-electron chi connectivity index (χ3n) is 6.80. The summed E-state index contributed by atoms with van der Waals surface area (Å²) in [5, 5.41) is 4.15. The molecule has 2 heteroatoms. The Morgan fingerprint density at radius 3 is 2.62 bits per heavy atom. The second-order valence-electron chi connectivity index (χ2n) is 8.89. The molecule has 0 saturated heterocycles. The summed E-state index contributed by atoms with van der Waals surface area (Å²) in [6.45, 7) is 1.14. The third-order valence-corrected chi connectivity index (χ3v) is 6.80. The largest absolute Gasteiger partial charge is 0.219 e. The molecule has 2 nitrogen and oxygen atoms in total. The molecule has 0 atom stereocenters. The van der Waals surface area contributed by atoms with Gasteiger partial charge in [0, 0.05) is 37.0 Å². The van der Waals surface area contributed by atoms with Gasteiger partial charge in [-0.05, 0) is 47.8 Å². The molecule has 0 N–H and O–H groups in total. The van der Waals surface area contributed by atoms with Gasteiger partial charge in [0.2, 0.25) is 5.35 Å². The molecule has 2 aromatic carbocycles. The zero-order valence-corrected chi connectivity index (χ0v) is 18.4. The highest BCUT2D eigenvalue weighted by molar-refractivity contribution is 5.65. The highest BCUT2D eigenvalue weighted by atomic mass is 15.0. The number of hydrogen-bond acceptors (Lipinski definition) is 0. The number of fused-ring (bicyclic) bond motifs is 5. The Morgan fingerprint density at radius 1 is 0.781 bits per heavy atom. The van der Waals surface area contributed by atoms with Crippen LogP contribution < -0.4 is 9.46 Å². The van der Waals surface area contributed by atoms with E-state index in [1.807, 2.05) is 0 Å². The number of aromatic nitrogens is 1. The fourth-order valence-electron chi connectivity index (χ4n) is 5.31. The first-order chi connectivity index (χ1) is 15.9. The maximum absolute atomic E-state index is 2.55. The first kappa shape index (κ1) is 19.2. The summed E-state index contributed by atoms with van der Waals surface area (Å²) >= 11 is 0. The van der Waals surface area contributed by atoms with Gasteiger partial charge in [-0.2, -0.15) is 4.24 Å². The Bertz CT molecular complexity index is 1510. The number of aryl methyl sites for hydroxylation is 1. The molecule has 3 aromatic rings. The number of allylic oxidation sites excluding steroid dienone is 2. The van der Waals surface area contributed by atoms with Crippen LogP contribution in [0.15, 0.2) is 78.5 Å². The molecule has 0 radical (unpaired) electrons. The predicted molar refractivity (Wildman–Crippen MR) is 130 cm³/mol. The molecule has 3 aliphatic rings. The molecule has 0 spiro atoms. The van der Waals surface area contributed by atoms with Crippen LogP contribution in [0.4, 0.5) is 0 Å². The van der Waals surface area contributed by atoms with E-state index in [0.717, 1.165) is 13.0 Å². The summed E-state index contributed by atoms with van der Waals surface area (Å²) < 4.78 is 4.85. The number of rotatable bonds is 2. The van der Waals surface area contributed by atoms with Crippen molar-refractivity contribution in [2.75, 3.05) is 6.54 Å². The molecular formula is C30H28N2+2. The van der Waals surface area contributed by atoms with Gasteiger partial charge in [0.05, 0.1) is 10.4 Å². The van der Waals surface area contributed by atoms with Crippen molar-refractivity contribution in [2.45, 2.75) is 32.1 Å². The lowest BCUT2D eigenvalue weighted by atomic mass is 9.97. The van der Waals surface area contributed by atoms with Crippen molar-refractivity contribution < 1.29 is 8.82 Å². The zero-order valence-electron chi connectivity index (χ0n) is 18.4. The van der Waals surface area contributed by atoms with E-state index in [1.165, 1.54) is 69.4 Å². The molecule has 0 unspecified atom stereocenters. The van der Waals surface area contributed by atoms with Crippen molar-refractivity contribution in [3.05, 3.63) is 117 Å². The quantitative estimate of drug-likeness (QED) is 0.536. The van der Waals surface area contributed by atoms with E-state index in [-0.39, 0.29) is 0 Å². The van der Waals surface area contributed by atoms with Crippen LogP contribution in [0.5, 0.6) is 0 Å². The van der Waals surface area contributed by atoms with Crippen molar-refractivity contribution in [3.63, 3.8) is 0 Å². The summed E-state index contributed by atoms with van der Waals surface area (Å²) in [5.41, 5.74) is 6.76. The molecule has 0 aliphatic carbocycles. The van der Waals surface area contributed by atoms with Gasteiger partial charge < -0.3 is 0 Å². The minimum atomic E-state index is 1.14. The average molecular weight is 417 g/mol. The monoisotopic (exact) mass is 416 g/mol. The van der Waals surface area contributed by atoms with E-state index in [9.17, 15) is 0 Å². The Hall–Kier alpha value is -3.52. The minimum Gasteiger partial charge on any atom is -0.206 e. The lowest BCUT2D eigenvalue weighted by molar-refractivity contribution is -0.519. The average Bonchev–Trinajstić information content (AvgIpc) is 3.13. The van der Waals surface area contributed by atoms with Crippen LogP contribution in [-0.2, 0) is 6.42 Å². The fourth-order valence-corrected chi connectivity index (χ4v) is 5.31. The Balaban J connectivity index is 1.69. The van der Waals surface area contributed by atoms with Crippen molar-refractivity contribution >= 4 is 24.1 Å². The Morgan fingerprint density at radius 2 is 1.69 bits per heavy atom. The predicted octanol–water partition coefficient (Wildman–Crippen LogP) is 4.70. The van der Waals surface area contributed by atoms with E-state index < -0.39 is 0 Å². The smallest absolute Gasteiger partial charge is 0.206 e. The normalized spacial score (nSPS) is 17.1. The van der Waals surface area contributed by atoms with E-state index in [0.29, 0.717) is 0 Å². The summed E-state index contributed by atoms with van der Waals surface area (Å²) in [5.74, 6) is 0. The van der Waals surface area contributed by atoms with Gasteiger partial charge in [-0.25, -0.2) is 4.58 Å². The van der Waals surface area contributed by atoms with Gasteiger partial charge in [-0.3, -0.25) is 0 Å². The van der Waals surface area contributed by atoms with Crippen molar-refractivity contribution in [1.82, 2.24) is 0 Å². The van der Waals surface area contributed by atoms with Crippen LogP contribution >= 0.6 is 0 Å². The third kappa shape index (κ3) is 3.46. The number of nitrogens with zero attached hydrogens (tertiary/aromatic N) is 2. The van der Waals surface area contributed by atoms with Gasteiger partial charge in [0.25, 0.3) is 0 Å². The van der Waals surface area contributed by atoms with Crippen molar-refractivity contribution in [3.8, 4) is 0 Å². The van der Waals surface area contributed by atoms with Gasteiger partial charge in [-0.15, -0.1) is 0 Å². The maximum Gasteiger partial charge on any atom is 0.219 e. The minimum absolute atomic E-state index is 1.14. The number of benzene rings is 2. The van der Waals surface area contributed by atoms with Crippen LogP contribution in [-0.4, -0.2) is 17.3 Å².